The summed E-state index contributed by atoms with van der Waals surface area (Å²) >= 11 is 0. The molecule has 2 amide bonds. The number of esters is 1. The topological polar surface area (TPSA) is 67.4 Å². The van der Waals surface area contributed by atoms with Gasteiger partial charge in [-0.2, -0.15) is 0 Å². The number of hydrogen-bond donors (Lipinski definition) is 2. The van der Waals surface area contributed by atoms with E-state index in [0.29, 0.717) is 12.3 Å². The van der Waals surface area contributed by atoms with Crippen LogP contribution in [0.4, 0.5) is 10.5 Å². The second-order valence-electron chi connectivity index (χ2n) is 5.44. The van der Waals surface area contributed by atoms with Crippen LogP contribution in [-0.4, -0.2) is 18.6 Å². The first-order valence-corrected chi connectivity index (χ1v) is 8.16. The molecule has 2 aromatic rings. The third-order valence-corrected chi connectivity index (χ3v) is 3.51. The lowest BCUT2D eigenvalue weighted by molar-refractivity contribution is -0.137. The molecule has 0 unspecified atom stereocenters. The summed E-state index contributed by atoms with van der Waals surface area (Å²) in [6, 6.07) is 16.6. The molecule has 0 heterocycles. The maximum absolute atomic E-state index is 12.1. The summed E-state index contributed by atoms with van der Waals surface area (Å²) in [6.45, 7) is 4.04. The lowest BCUT2D eigenvalue weighted by Gasteiger charge is -2.15. The fourth-order valence-electron chi connectivity index (χ4n) is 2.22. The standard InChI is InChI=1S/C20H22N2O3/c1-3-25-19(23)14-11-16-9-12-18(13-10-16)22-20(24)21-15(2)17-7-5-4-6-8-17/h4-15H,3H2,1-2H3,(H2,21,22,24)/b14-11-/t15-/m0/s1. The largest absolute Gasteiger partial charge is 0.463 e. The molecule has 0 spiro atoms. The third kappa shape index (κ3) is 6.14. The van der Waals surface area contributed by atoms with Crippen LogP contribution in [0.5, 0.6) is 0 Å². The van der Waals surface area contributed by atoms with Crippen molar-refractivity contribution in [2.45, 2.75) is 19.9 Å². The van der Waals surface area contributed by atoms with Gasteiger partial charge in [0.2, 0.25) is 0 Å². The van der Waals surface area contributed by atoms with E-state index in [1.54, 1.807) is 25.1 Å². The maximum Gasteiger partial charge on any atom is 0.330 e. The van der Waals surface area contributed by atoms with Gasteiger partial charge in [0.15, 0.2) is 0 Å². The van der Waals surface area contributed by atoms with Crippen molar-refractivity contribution in [1.82, 2.24) is 5.32 Å². The smallest absolute Gasteiger partial charge is 0.330 e. The predicted molar refractivity (Wildman–Crippen MR) is 99.1 cm³/mol. The average Bonchev–Trinajstić information content (AvgIpc) is 2.62. The van der Waals surface area contributed by atoms with E-state index in [1.165, 1.54) is 6.08 Å². The molecule has 2 aromatic carbocycles. The summed E-state index contributed by atoms with van der Waals surface area (Å²) < 4.78 is 4.82. The Morgan fingerprint density at radius 2 is 1.76 bits per heavy atom. The van der Waals surface area contributed by atoms with Crippen LogP contribution in [-0.2, 0) is 9.53 Å². The van der Waals surface area contributed by atoms with Crippen LogP contribution in [0.3, 0.4) is 0 Å². The Morgan fingerprint density at radius 1 is 1.08 bits per heavy atom. The van der Waals surface area contributed by atoms with E-state index >= 15 is 0 Å². The molecule has 0 aliphatic carbocycles. The van der Waals surface area contributed by atoms with Crippen molar-refractivity contribution in [1.29, 1.82) is 0 Å². The number of amides is 2. The van der Waals surface area contributed by atoms with Gasteiger partial charge in [0.1, 0.15) is 0 Å². The van der Waals surface area contributed by atoms with E-state index in [4.69, 9.17) is 4.74 Å². The van der Waals surface area contributed by atoms with Crippen molar-refractivity contribution >= 4 is 23.8 Å². The Kier molecular flexibility index (Phi) is 6.77. The molecule has 130 valence electrons. The van der Waals surface area contributed by atoms with Gasteiger partial charge < -0.3 is 15.4 Å². The number of carbonyl (C=O) groups is 2. The number of urea groups is 1. The molecule has 2 rings (SSSR count). The summed E-state index contributed by atoms with van der Waals surface area (Å²) in [6.07, 6.45) is 3.04. The van der Waals surface area contributed by atoms with Crippen LogP contribution in [0, 0.1) is 0 Å². The van der Waals surface area contributed by atoms with Gasteiger partial charge >= 0.3 is 12.0 Å². The first-order valence-electron chi connectivity index (χ1n) is 8.16. The molecule has 0 saturated carbocycles. The second-order valence-corrected chi connectivity index (χ2v) is 5.44. The summed E-state index contributed by atoms with van der Waals surface area (Å²) in [7, 11) is 0. The van der Waals surface area contributed by atoms with Crippen LogP contribution in [0.2, 0.25) is 0 Å². The van der Waals surface area contributed by atoms with Gasteiger partial charge in [-0.1, -0.05) is 42.5 Å². The van der Waals surface area contributed by atoms with Crippen molar-refractivity contribution in [3.8, 4) is 0 Å². The zero-order chi connectivity index (χ0) is 18.1. The highest BCUT2D eigenvalue weighted by molar-refractivity contribution is 5.90. The fourth-order valence-corrected chi connectivity index (χ4v) is 2.22. The highest BCUT2D eigenvalue weighted by atomic mass is 16.5. The number of ether oxygens (including phenoxy) is 1. The minimum atomic E-state index is -0.376. The van der Waals surface area contributed by atoms with Crippen molar-refractivity contribution in [2.75, 3.05) is 11.9 Å². The molecule has 0 bridgehead atoms. The van der Waals surface area contributed by atoms with Crippen LogP contribution in [0.15, 0.2) is 60.7 Å². The van der Waals surface area contributed by atoms with Crippen molar-refractivity contribution in [3.63, 3.8) is 0 Å². The Bertz CT molecular complexity index is 724. The monoisotopic (exact) mass is 338 g/mol. The van der Waals surface area contributed by atoms with Gasteiger partial charge in [0.05, 0.1) is 12.6 Å². The van der Waals surface area contributed by atoms with E-state index in [1.807, 2.05) is 49.4 Å². The van der Waals surface area contributed by atoms with Gasteiger partial charge in [-0.15, -0.1) is 0 Å². The van der Waals surface area contributed by atoms with E-state index in [0.717, 1.165) is 11.1 Å². The molecular formula is C20H22N2O3. The van der Waals surface area contributed by atoms with Gasteiger partial charge in [-0.05, 0) is 43.2 Å². The van der Waals surface area contributed by atoms with E-state index in [2.05, 4.69) is 10.6 Å². The number of nitrogens with one attached hydrogen (secondary N) is 2. The molecule has 0 aliphatic rings. The molecule has 25 heavy (non-hydrogen) atoms. The van der Waals surface area contributed by atoms with Gasteiger partial charge in [-0.3, -0.25) is 0 Å². The van der Waals surface area contributed by atoms with Gasteiger partial charge in [0.25, 0.3) is 0 Å². The molecule has 5 nitrogen and oxygen atoms in total. The van der Waals surface area contributed by atoms with E-state index in [-0.39, 0.29) is 18.0 Å². The summed E-state index contributed by atoms with van der Waals surface area (Å²) in [5.41, 5.74) is 2.56. The highest BCUT2D eigenvalue weighted by Crippen LogP contribution is 2.13. The summed E-state index contributed by atoms with van der Waals surface area (Å²) in [5, 5.41) is 5.68. The van der Waals surface area contributed by atoms with Crippen molar-refractivity contribution in [2.24, 2.45) is 0 Å². The first-order chi connectivity index (χ1) is 12.1. The average molecular weight is 338 g/mol. The van der Waals surface area contributed by atoms with Gasteiger partial charge in [-0.25, -0.2) is 9.59 Å². The SMILES string of the molecule is CCOC(=O)/C=C\c1ccc(NC(=O)N[C@@H](C)c2ccccc2)cc1. The Morgan fingerprint density at radius 3 is 2.40 bits per heavy atom. The lowest BCUT2D eigenvalue weighted by atomic mass is 10.1. The summed E-state index contributed by atoms with van der Waals surface area (Å²) in [4.78, 5) is 23.3. The fraction of sp³-hybridized carbons (Fsp3) is 0.200. The highest BCUT2D eigenvalue weighted by Gasteiger charge is 2.08. The molecular weight excluding hydrogens is 316 g/mol. The molecule has 0 aliphatic heterocycles. The molecule has 5 heteroatoms. The number of carbonyl (C=O) groups excluding carboxylic acids is 2. The summed E-state index contributed by atoms with van der Waals surface area (Å²) in [5.74, 6) is -0.376. The van der Waals surface area contributed by atoms with Crippen molar-refractivity contribution in [3.05, 3.63) is 71.8 Å². The maximum atomic E-state index is 12.1. The normalized spacial score (nSPS) is 11.8. The van der Waals surface area contributed by atoms with Crippen molar-refractivity contribution < 1.29 is 14.3 Å². The lowest BCUT2D eigenvalue weighted by Crippen LogP contribution is -2.31. The first kappa shape index (κ1) is 18.3. The Hall–Kier alpha value is -3.08. The Balaban J connectivity index is 1.88. The quantitative estimate of drug-likeness (QED) is 0.614. The molecule has 0 saturated heterocycles. The zero-order valence-corrected chi connectivity index (χ0v) is 14.4. The van der Waals surface area contributed by atoms with E-state index in [9.17, 15) is 9.59 Å². The zero-order valence-electron chi connectivity index (χ0n) is 14.4. The predicted octanol–water partition coefficient (Wildman–Crippen LogP) is 4.15. The molecule has 0 fully saturated rings. The van der Waals surface area contributed by atoms with Crippen LogP contribution < -0.4 is 10.6 Å². The third-order valence-electron chi connectivity index (χ3n) is 3.51. The molecule has 1 atom stereocenters. The van der Waals surface area contributed by atoms with Crippen LogP contribution >= 0.6 is 0 Å². The van der Waals surface area contributed by atoms with E-state index < -0.39 is 0 Å². The second kappa shape index (κ2) is 9.27. The number of anilines is 1. The number of hydrogen-bond acceptors (Lipinski definition) is 3. The minimum absolute atomic E-state index is 0.0898. The van der Waals surface area contributed by atoms with Crippen LogP contribution in [0.25, 0.3) is 6.08 Å². The minimum Gasteiger partial charge on any atom is -0.463 e. The molecule has 2 N–H and O–H groups in total. The van der Waals surface area contributed by atoms with Crippen LogP contribution in [0.1, 0.15) is 31.0 Å². The Labute approximate surface area is 147 Å². The number of benzene rings is 2. The molecule has 0 aromatic heterocycles. The van der Waals surface area contributed by atoms with Gasteiger partial charge in [0, 0.05) is 11.8 Å². The molecule has 0 radical (unpaired) electrons. The number of rotatable bonds is 6.